The fourth-order valence-corrected chi connectivity index (χ4v) is 5.43. The van der Waals surface area contributed by atoms with Crippen molar-refractivity contribution < 1.29 is 23.8 Å². The molecule has 0 aliphatic rings. The van der Waals surface area contributed by atoms with Crippen LogP contribution in [0.15, 0.2) is 60.8 Å². The number of esters is 2. The summed E-state index contributed by atoms with van der Waals surface area (Å²) in [6.07, 6.45) is 49.4. The Morgan fingerprint density at radius 2 is 0.900 bits per heavy atom. The normalized spacial score (nSPS) is 12.8. The van der Waals surface area contributed by atoms with Crippen LogP contribution in [-0.4, -0.2) is 37.9 Å². The third kappa shape index (κ3) is 38.4. The van der Waals surface area contributed by atoms with Crippen molar-refractivity contribution in [3.63, 3.8) is 0 Å². The standard InChI is InChI=1S/C45H78O5/c1-4-7-10-13-16-18-20-22-23-25-26-28-30-32-35-38-44(46)49-42-43(41-48-40-37-34-15-12-9-6-3)50-45(47)39-36-33-31-29-27-24-21-19-17-14-11-8-5-2/h8,11,16-19,22-24,27,43H,4-7,9-10,12-15,20-21,25-26,28-42H2,1-3H3/b11-8-,18-16-,19-17-,23-22-,27-24-. The molecule has 0 amide bonds. The monoisotopic (exact) mass is 699 g/mol. The first kappa shape index (κ1) is 47.6. The number of carbonyl (C=O) groups excluding carboxylic acids is 2. The molecule has 0 aliphatic heterocycles. The Kier molecular flexibility index (Phi) is 39.1. The summed E-state index contributed by atoms with van der Waals surface area (Å²) in [5, 5.41) is 0. The van der Waals surface area contributed by atoms with E-state index in [4.69, 9.17) is 14.2 Å². The number of unbranched alkanes of at least 4 members (excludes halogenated alkanes) is 16. The zero-order valence-corrected chi connectivity index (χ0v) is 32.9. The molecule has 50 heavy (non-hydrogen) atoms. The minimum atomic E-state index is -0.551. The van der Waals surface area contributed by atoms with Gasteiger partial charge in [-0.2, -0.15) is 0 Å². The lowest BCUT2D eigenvalue weighted by Gasteiger charge is -2.18. The van der Waals surface area contributed by atoms with E-state index in [1.807, 2.05) is 0 Å². The molecule has 0 aromatic carbocycles. The number of carbonyl (C=O) groups is 2. The highest BCUT2D eigenvalue weighted by molar-refractivity contribution is 5.70. The van der Waals surface area contributed by atoms with Crippen molar-refractivity contribution in [2.24, 2.45) is 0 Å². The average molecular weight is 699 g/mol. The minimum Gasteiger partial charge on any atom is -0.462 e. The highest BCUT2D eigenvalue weighted by Gasteiger charge is 2.17. The SMILES string of the molecule is CC/C=C\C/C=C\C/C=C\CCCCCC(=O)OC(COCCCCCCCC)COC(=O)CCCCCCC/C=C\C/C=C\CCCCC. The van der Waals surface area contributed by atoms with E-state index in [1.54, 1.807) is 0 Å². The Morgan fingerprint density at radius 3 is 1.50 bits per heavy atom. The number of hydrogen-bond acceptors (Lipinski definition) is 5. The molecule has 5 nitrogen and oxygen atoms in total. The van der Waals surface area contributed by atoms with Crippen LogP contribution in [-0.2, 0) is 23.8 Å². The summed E-state index contributed by atoms with van der Waals surface area (Å²) in [4.78, 5) is 25.1. The first-order valence-corrected chi connectivity index (χ1v) is 20.8. The topological polar surface area (TPSA) is 61.8 Å². The van der Waals surface area contributed by atoms with Crippen LogP contribution in [0.4, 0.5) is 0 Å². The Bertz CT molecular complexity index is 884. The van der Waals surface area contributed by atoms with Gasteiger partial charge in [-0.05, 0) is 83.5 Å². The van der Waals surface area contributed by atoms with E-state index in [-0.39, 0.29) is 25.2 Å². The minimum absolute atomic E-state index is 0.0649. The lowest BCUT2D eigenvalue weighted by molar-refractivity contribution is -0.163. The number of rotatable bonds is 37. The maximum atomic E-state index is 12.6. The van der Waals surface area contributed by atoms with Gasteiger partial charge in [0.1, 0.15) is 6.61 Å². The quantitative estimate of drug-likeness (QED) is 0.0367. The van der Waals surface area contributed by atoms with Gasteiger partial charge in [0.25, 0.3) is 0 Å². The number of ether oxygens (including phenoxy) is 3. The fourth-order valence-electron chi connectivity index (χ4n) is 5.43. The highest BCUT2D eigenvalue weighted by atomic mass is 16.6. The maximum absolute atomic E-state index is 12.6. The van der Waals surface area contributed by atoms with Crippen molar-refractivity contribution >= 4 is 11.9 Å². The third-order valence-electron chi connectivity index (χ3n) is 8.54. The summed E-state index contributed by atoms with van der Waals surface area (Å²) in [5.41, 5.74) is 0. The molecule has 0 heterocycles. The van der Waals surface area contributed by atoms with Gasteiger partial charge in [-0.1, -0.05) is 152 Å². The molecule has 0 bridgehead atoms. The molecule has 0 fully saturated rings. The molecule has 288 valence electrons. The van der Waals surface area contributed by atoms with E-state index in [1.165, 1.54) is 64.2 Å². The van der Waals surface area contributed by atoms with Gasteiger partial charge in [0, 0.05) is 19.4 Å². The van der Waals surface area contributed by atoms with Crippen molar-refractivity contribution in [2.45, 2.75) is 194 Å². The summed E-state index contributed by atoms with van der Waals surface area (Å²) in [5.74, 6) is -0.453. The van der Waals surface area contributed by atoms with Crippen molar-refractivity contribution in [3.8, 4) is 0 Å². The summed E-state index contributed by atoms with van der Waals surface area (Å²) < 4.78 is 17.1. The Labute approximate surface area is 309 Å². The Morgan fingerprint density at radius 1 is 0.460 bits per heavy atom. The summed E-state index contributed by atoms with van der Waals surface area (Å²) in [7, 11) is 0. The number of hydrogen-bond donors (Lipinski definition) is 0. The van der Waals surface area contributed by atoms with Crippen LogP contribution in [0, 0.1) is 0 Å². The van der Waals surface area contributed by atoms with E-state index in [9.17, 15) is 9.59 Å². The first-order chi connectivity index (χ1) is 24.6. The Hall–Kier alpha value is -2.40. The molecule has 0 aromatic heterocycles. The van der Waals surface area contributed by atoms with Gasteiger partial charge in [-0.25, -0.2) is 0 Å². The van der Waals surface area contributed by atoms with Gasteiger partial charge >= 0.3 is 11.9 Å². The zero-order chi connectivity index (χ0) is 36.4. The van der Waals surface area contributed by atoms with E-state index < -0.39 is 6.10 Å². The predicted octanol–water partition coefficient (Wildman–Crippen LogP) is 13.4. The molecule has 0 rings (SSSR count). The second-order valence-electron chi connectivity index (χ2n) is 13.5. The van der Waals surface area contributed by atoms with E-state index in [0.717, 1.165) is 89.9 Å². The average Bonchev–Trinajstić information content (AvgIpc) is 3.11. The fraction of sp³-hybridized carbons (Fsp3) is 0.733. The van der Waals surface area contributed by atoms with Crippen LogP contribution < -0.4 is 0 Å². The largest absolute Gasteiger partial charge is 0.462 e. The lowest BCUT2D eigenvalue weighted by Crippen LogP contribution is -2.30. The van der Waals surface area contributed by atoms with Crippen molar-refractivity contribution in [3.05, 3.63) is 60.8 Å². The van der Waals surface area contributed by atoms with Crippen LogP contribution in [0.2, 0.25) is 0 Å². The van der Waals surface area contributed by atoms with E-state index in [2.05, 4.69) is 81.5 Å². The molecule has 0 spiro atoms. The van der Waals surface area contributed by atoms with Gasteiger partial charge < -0.3 is 14.2 Å². The van der Waals surface area contributed by atoms with Crippen LogP contribution >= 0.6 is 0 Å². The molecule has 5 heteroatoms. The molecule has 0 saturated carbocycles. The van der Waals surface area contributed by atoms with Crippen molar-refractivity contribution in [2.75, 3.05) is 19.8 Å². The van der Waals surface area contributed by atoms with Gasteiger partial charge in [0.15, 0.2) is 6.10 Å². The van der Waals surface area contributed by atoms with E-state index in [0.29, 0.717) is 19.4 Å². The Balaban J connectivity index is 4.22. The summed E-state index contributed by atoms with van der Waals surface area (Å²) >= 11 is 0. The highest BCUT2D eigenvalue weighted by Crippen LogP contribution is 2.11. The molecule has 0 radical (unpaired) electrons. The molecule has 1 unspecified atom stereocenters. The molecule has 1 atom stereocenters. The second kappa shape index (κ2) is 41.0. The smallest absolute Gasteiger partial charge is 0.306 e. The van der Waals surface area contributed by atoms with Gasteiger partial charge in [0.05, 0.1) is 6.61 Å². The first-order valence-electron chi connectivity index (χ1n) is 20.8. The molecule has 0 aromatic rings. The summed E-state index contributed by atoms with van der Waals surface area (Å²) in [6, 6.07) is 0. The van der Waals surface area contributed by atoms with E-state index >= 15 is 0 Å². The summed E-state index contributed by atoms with van der Waals surface area (Å²) in [6.45, 7) is 7.59. The van der Waals surface area contributed by atoms with Gasteiger partial charge in [-0.15, -0.1) is 0 Å². The number of allylic oxidation sites excluding steroid dienone is 10. The predicted molar refractivity (Wildman–Crippen MR) is 214 cm³/mol. The molecular weight excluding hydrogens is 620 g/mol. The van der Waals surface area contributed by atoms with Gasteiger partial charge in [0.2, 0.25) is 0 Å². The molecule has 0 saturated heterocycles. The third-order valence-corrected chi connectivity index (χ3v) is 8.54. The van der Waals surface area contributed by atoms with Crippen LogP contribution in [0.3, 0.4) is 0 Å². The van der Waals surface area contributed by atoms with Crippen LogP contribution in [0.5, 0.6) is 0 Å². The maximum Gasteiger partial charge on any atom is 0.306 e. The van der Waals surface area contributed by atoms with Crippen LogP contribution in [0.25, 0.3) is 0 Å². The zero-order valence-electron chi connectivity index (χ0n) is 32.9. The second-order valence-corrected chi connectivity index (χ2v) is 13.5. The van der Waals surface area contributed by atoms with Crippen LogP contribution in [0.1, 0.15) is 188 Å². The molecule has 0 aliphatic carbocycles. The molecular formula is C45H78O5. The van der Waals surface area contributed by atoms with Gasteiger partial charge in [-0.3, -0.25) is 9.59 Å². The van der Waals surface area contributed by atoms with Crippen molar-refractivity contribution in [1.82, 2.24) is 0 Å². The molecule has 0 N–H and O–H groups in total. The van der Waals surface area contributed by atoms with Crippen molar-refractivity contribution in [1.29, 1.82) is 0 Å². The lowest BCUT2D eigenvalue weighted by atomic mass is 10.1.